The molecule has 0 unspecified atom stereocenters. The van der Waals surface area contributed by atoms with Crippen molar-refractivity contribution in [3.05, 3.63) is 29.6 Å². The second-order valence-corrected chi connectivity index (χ2v) is 6.01. The zero-order chi connectivity index (χ0) is 16.7. The highest BCUT2D eigenvalue weighted by atomic mass is 32.2. The second kappa shape index (κ2) is 8.53. The average molecular weight is 326 g/mol. The number of carbonyl (C=O) groups excluding carboxylic acids is 3. The number of carbonyl (C=O) groups is 3. The molecule has 0 radical (unpaired) electrons. The van der Waals surface area contributed by atoms with E-state index in [4.69, 9.17) is 0 Å². The van der Waals surface area contributed by atoms with Gasteiger partial charge in [-0.15, -0.1) is 11.8 Å². The molecule has 0 aromatic heterocycles. The van der Waals surface area contributed by atoms with Gasteiger partial charge in [-0.2, -0.15) is 0 Å². The maximum atomic E-state index is 13.7. The van der Waals surface area contributed by atoms with Gasteiger partial charge in [-0.3, -0.25) is 14.4 Å². The van der Waals surface area contributed by atoms with E-state index in [2.05, 4.69) is 10.6 Å². The SMILES string of the molecule is CC(=O)c1ccc(SCC(=O)NCC(=O)NC(C)C)c(F)c1. The summed E-state index contributed by atoms with van der Waals surface area (Å²) in [5.74, 6) is -1.40. The van der Waals surface area contributed by atoms with Crippen LogP contribution in [0.1, 0.15) is 31.1 Å². The highest BCUT2D eigenvalue weighted by Gasteiger charge is 2.10. The van der Waals surface area contributed by atoms with Gasteiger partial charge in [0.15, 0.2) is 5.78 Å². The van der Waals surface area contributed by atoms with Gasteiger partial charge < -0.3 is 10.6 Å². The Hall–Kier alpha value is -1.89. The monoisotopic (exact) mass is 326 g/mol. The van der Waals surface area contributed by atoms with Crippen molar-refractivity contribution in [2.45, 2.75) is 31.7 Å². The smallest absolute Gasteiger partial charge is 0.239 e. The quantitative estimate of drug-likeness (QED) is 0.591. The molecule has 1 aromatic carbocycles. The molecule has 0 aliphatic carbocycles. The van der Waals surface area contributed by atoms with Crippen molar-refractivity contribution in [2.75, 3.05) is 12.3 Å². The fourth-order valence-electron chi connectivity index (χ4n) is 1.58. The van der Waals surface area contributed by atoms with E-state index in [-0.39, 0.29) is 46.4 Å². The first kappa shape index (κ1) is 18.2. The maximum absolute atomic E-state index is 13.7. The number of hydrogen-bond acceptors (Lipinski definition) is 4. The number of amides is 2. The van der Waals surface area contributed by atoms with E-state index >= 15 is 0 Å². The summed E-state index contributed by atoms with van der Waals surface area (Å²) < 4.78 is 13.7. The van der Waals surface area contributed by atoms with Crippen molar-refractivity contribution in [1.82, 2.24) is 10.6 Å². The summed E-state index contributed by atoms with van der Waals surface area (Å²) in [7, 11) is 0. The van der Waals surface area contributed by atoms with E-state index in [0.717, 1.165) is 17.8 Å². The predicted molar refractivity (Wildman–Crippen MR) is 83.4 cm³/mol. The third-order valence-corrected chi connectivity index (χ3v) is 3.64. The van der Waals surface area contributed by atoms with E-state index < -0.39 is 5.82 Å². The number of ketones is 1. The molecule has 0 aliphatic heterocycles. The van der Waals surface area contributed by atoms with Crippen molar-refractivity contribution in [3.8, 4) is 0 Å². The molecule has 22 heavy (non-hydrogen) atoms. The number of hydrogen-bond donors (Lipinski definition) is 2. The van der Waals surface area contributed by atoms with Gasteiger partial charge in [0.2, 0.25) is 11.8 Å². The largest absolute Gasteiger partial charge is 0.352 e. The lowest BCUT2D eigenvalue weighted by Crippen LogP contribution is -2.40. The Balaban J connectivity index is 2.44. The van der Waals surface area contributed by atoms with Gasteiger partial charge >= 0.3 is 0 Å². The molecule has 0 bridgehead atoms. The van der Waals surface area contributed by atoms with Crippen LogP contribution in [-0.4, -0.2) is 35.9 Å². The minimum atomic E-state index is -0.539. The molecule has 0 heterocycles. The molecule has 5 nitrogen and oxygen atoms in total. The number of nitrogens with one attached hydrogen (secondary N) is 2. The zero-order valence-electron chi connectivity index (χ0n) is 12.7. The van der Waals surface area contributed by atoms with E-state index in [0.29, 0.717) is 0 Å². The molecule has 7 heteroatoms. The zero-order valence-corrected chi connectivity index (χ0v) is 13.6. The normalized spacial score (nSPS) is 10.4. The third kappa shape index (κ3) is 6.26. The van der Waals surface area contributed by atoms with E-state index in [9.17, 15) is 18.8 Å². The Labute approximate surface area is 133 Å². The van der Waals surface area contributed by atoms with E-state index in [1.54, 1.807) is 0 Å². The Morgan fingerprint density at radius 3 is 2.45 bits per heavy atom. The summed E-state index contributed by atoms with van der Waals surface area (Å²) in [5.41, 5.74) is 0.289. The minimum absolute atomic E-state index is 0.00710. The molecule has 1 aromatic rings. The lowest BCUT2D eigenvalue weighted by molar-refractivity contribution is -0.125. The highest BCUT2D eigenvalue weighted by molar-refractivity contribution is 8.00. The van der Waals surface area contributed by atoms with Gasteiger partial charge in [-0.1, -0.05) is 6.07 Å². The van der Waals surface area contributed by atoms with Gasteiger partial charge in [0.05, 0.1) is 12.3 Å². The molecule has 0 atom stereocenters. The van der Waals surface area contributed by atoms with Gasteiger partial charge in [0.1, 0.15) is 5.82 Å². The topological polar surface area (TPSA) is 75.3 Å². The summed E-state index contributed by atoms with van der Waals surface area (Å²) >= 11 is 1.01. The molecule has 2 N–H and O–H groups in total. The van der Waals surface area contributed by atoms with Crippen molar-refractivity contribution in [2.24, 2.45) is 0 Å². The molecule has 0 aliphatic rings. The van der Waals surface area contributed by atoms with Crippen LogP contribution in [0.5, 0.6) is 0 Å². The summed E-state index contributed by atoms with van der Waals surface area (Å²) in [6.07, 6.45) is 0. The summed E-state index contributed by atoms with van der Waals surface area (Å²) in [6.45, 7) is 4.90. The van der Waals surface area contributed by atoms with E-state index in [1.165, 1.54) is 19.1 Å². The van der Waals surface area contributed by atoms with Crippen LogP contribution >= 0.6 is 11.8 Å². The van der Waals surface area contributed by atoms with E-state index in [1.807, 2.05) is 13.8 Å². The fraction of sp³-hybridized carbons (Fsp3) is 0.400. The van der Waals surface area contributed by atoms with Gasteiger partial charge in [0.25, 0.3) is 0 Å². The molecule has 0 fully saturated rings. The van der Waals surface area contributed by atoms with Crippen molar-refractivity contribution in [1.29, 1.82) is 0 Å². The Kier molecular flexibility index (Phi) is 7.04. The molecule has 2 amide bonds. The fourth-order valence-corrected chi connectivity index (χ4v) is 2.33. The van der Waals surface area contributed by atoms with Gasteiger partial charge in [-0.25, -0.2) is 4.39 Å². The first-order valence-electron chi connectivity index (χ1n) is 6.79. The standard InChI is InChI=1S/C15H19FN2O3S/c1-9(2)18-14(20)7-17-15(21)8-22-13-5-4-11(10(3)19)6-12(13)16/h4-6,9H,7-8H2,1-3H3,(H,17,21)(H,18,20). The highest BCUT2D eigenvalue weighted by Crippen LogP contribution is 2.22. The summed E-state index contributed by atoms with van der Waals surface area (Å²) in [4.78, 5) is 34.4. The Morgan fingerprint density at radius 1 is 1.23 bits per heavy atom. The molecule has 0 spiro atoms. The first-order valence-corrected chi connectivity index (χ1v) is 7.77. The Bertz CT molecular complexity index is 576. The second-order valence-electron chi connectivity index (χ2n) is 4.99. The first-order chi connectivity index (χ1) is 10.3. The maximum Gasteiger partial charge on any atom is 0.239 e. The van der Waals surface area contributed by atoms with Crippen LogP contribution < -0.4 is 10.6 Å². The number of Topliss-reactive ketones (excluding diaryl/α,β-unsaturated/α-hetero) is 1. The summed E-state index contributed by atoms with van der Waals surface area (Å²) in [6, 6.07) is 4.14. The number of benzene rings is 1. The average Bonchev–Trinajstić information content (AvgIpc) is 2.42. The Morgan fingerprint density at radius 2 is 1.91 bits per heavy atom. The van der Waals surface area contributed by atoms with Crippen molar-refractivity contribution >= 4 is 29.4 Å². The van der Waals surface area contributed by atoms with Crippen LogP contribution in [0.4, 0.5) is 4.39 Å². The van der Waals surface area contributed by atoms with Gasteiger partial charge in [-0.05, 0) is 32.9 Å². The van der Waals surface area contributed by atoms with Crippen LogP contribution in [0.15, 0.2) is 23.1 Å². The molecular weight excluding hydrogens is 307 g/mol. The third-order valence-electron chi connectivity index (χ3n) is 2.59. The van der Waals surface area contributed by atoms with Crippen molar-refractivity contribution in [3.63, 3.8) is 0 Å². The van der Waals surface area contributed by atoms with Crippen LogP contribution in [-0.2, 0) is 9.59 Å². The summed E-state index contributed by atoms with van der Waals surface area (Å²) in [5, 5.41) is 5.10. The molecule has 0 saturated heterocycles. The van der Waals surface area contributed by atoms with Gasteiger partial charge in [0, 0.05) is 16.5 Å². The minimum Gasteiger partial charge on any atom is -0.352 e. The van der Waals surface area contributed by atoms with Crippen molar-refractivity contribution < 1.29 is 18.8 Å². The van der Waals surface area contributed by atoms with Crippen LogP contribution in [0.25, 0.3) is 0 Å². The van der Waals surface area contributed by atoms with Crippen LogP contribution in [0, 0.1) is 5.82 Å². The lowest BCUT2D eigenvalue weighted by Gasteiger charge is -2.09. The number of rotatable bonds is 7. The van der Waals surface area contributed by atoms with Crippen LogP contribution in [0.3, 0.4) is 0 Å². The molecule has 120 valence electrons. The molecule has 1 rings (SSSR count). The number of thioether (sulfide) groups is 1. The number of halogens is 1. The van der Waals surface area contributed by atoms with Crippen LogP contribution in [0.2, 0.25) is 0 Å². The predicted octanol–water partition coefficient (Wildman–Crippen LogP) is 1.76. The molecular formula is C15H19FN2O3S. The lowest BCUT2D eigenvalue weighted by atomic mass is 10.1. The molecule has 0 saturated carbocycles.